The molecule has 78 valence electrons. The molecule has 0 spiro atoms. The lowest BCUT2D eigenvalue weighted by atomic mass is 10.0. The summed E-state index contributed by atoms with van der Waals surface area (Å²) in [6.45, 7) is 1.83. The molecular formula is C13H15NO. The van der Waals surface area contributed by atoms with Crippen molar-refractivity contribution in [3.05, 3.63) is 48.2 Å². The first-order valence-corrected chi connectivity index (χ1v) is 5.31. The molecule has 0 N–H and O–H groups in total. The Morgan fingerprint density at radius 3 is 2.73 bits per heavy atom. The predicted molar refractivity (Wildman–Crippen MR) is 60.6 cm³/mol. The summed E-state index contributed by atoms with van der Waals surface area (Å²) >= 11 is 0. The van der Waals surface area contributed by atoms with Crippen LogP contribution in [0.3, 0.4) is 0 Å². The SMILES string of the molecule is O=CC(CN1C=CCC1)c1ccccc1. The Balaban J connectivity index is 2.04. The average Bonchev–Trinajstić information content (AvgIpc) is 2.80. The molecule has 0 saturated heterocycles. The van der Waals surface area contributed by atoms with Gasteiger partial charge in [0.2, 0.25) is 0 Å². The van der Waals surface area contributed by atoms with Crippen molar-refractivity contribution in [2.24, 2.45) is 0 Å². The number of benzene rings is 1. The van der Waals surface area contributed by atoms with Crippen molar-refractivity contribution in [3.8, 4) is 0 Å². The van der Waals surface area contributed by atoms with Crippen LogP contribution in [-0.4, -0.2) is 24.3 Å². The molecule has 15 heavy (non-hydrogen) atoms. The van der Waals surface area contributed by atoms with Crippen molar-refractivity contribution in [2.45, 2.75) is 12.3 Å². The zero-order valence-corrected chi connectivity index (χ0v) is 8.67. The Morgan fingerprint density at radius 2 is 2.13 bits per heavy atom. The minimum absolute atomic E-state index is 0.00560. The number of rotatable bonds is 4. The standard InChI is InChI=1S/C13H15NO/c15-11-13(10-14-8-4-5-9-14)12-6-2-1-3-7-12/h1-4,6-8,11,13H,5,9-10H2. The van der Waals surface area contributed by atoms with E-state index in [0.717, 1.165) is 31.4 Å². The molecule has 1 aromatic rings. The van der Waals surface area contributed by atoms with E-state index in [1.165, 1.54) is 0 Å². The van der Waals surface area contributed by atoms with Crippen LogP contribution in [0.1, 0.15) is 17.9 Å². The Bertz CT molecular complexity index is 345. The molecule has 0 saturated carbocycles. The molecule has 0 bridgehead atoms. The van der Waals surface area contributed by atoms with Crippen LogP contribution in [0.25, 0.3) is 0 Å². The maximum absolute atomic E-state index is 11.0. The highest BCUT2D eigenvalue weighted by molar-refractivity contribution is 5.62. The molecule has 0 fully saturated rings. The second kappa shape index (κ2) is 4.78. The molecule has 1 aliphatic heterocycles. The van der Waals surface area contributed by atoms with Gasteiger partial charge < -0.3 is 9.69 Å². The summed E-state index contributed by atoms with van der Waals surface area (Å²) in [7, 11) is 0. The predicted octanol–water partition coefficient (Wildman–Crippen LogP) is 2.19. The topological polar surface area (TPSA) is 20.3 Å². The molecule has 1 unspecified atom stereocenters. The molecule has 1 aliphatic rings. The van der Waals surface area contributed by atoms with Gasteiger partial charge in [-0.1, -0.05) is 36.4 Å². The highest BCUT2D eigenvalue weighted by Crippen LogP contribution is 2.16. The van der Waals surface area contributed by atoms with Gasteiger partial charge in [0.15, 0.2) is 0 Å². The van der Waals surface area contributed by atoms with E-state index < -0.39 is 0 Å². The van der Waals surface area contributed by atoms with Crippen molar-refractivity contribution in [1.29, 1.82) is 0 Å². The maximum Gasteiger partial charge on any atom is 0.129 e. The van der Waals surface area contributed by atoms with Crippen molar-refractivity contribution in [2.75, 3.05) is 13.1 Å². The molecule has 0 aliphatic carbocycles. The number of hydrogen-bond acceptors (Lipinski definition) is 2. The molecule has 2 rings (SSSR count). The summed E-state index contributed by atoms with van der Waals surface area (Å²) in [6, 6.07) is 9.95. The van der Waals surface area contributed by atoms with Crippen LogP contribution in [0.15, 0.2) is 42.6 Å². The zero-order valence-electron chi connectivity index (χ0n) is 8.67. The first-order chi connectivity index (χ1) is 7.40. The molecule has 0 amide bonds. The van der Waals surface area contributed by atoms with Gasteiger partial charge in [0, 0.05) is 13.1 Å². The van der Waals surface area contributed by atoms with E-state index in [1.54, 1.807) is 0 Å². The number of carbonyl (C=O) groups excluding carboxylic acids is 1. The molecule has 1 atom stereocenters. The van der Waals surface area contributed by atoms with Crippen LogP contribution in [0.4, 0.5) is 0 Å². The summed E-state index contributed by atoms with van der Waals surface area (Å²) in [4.78, 5) is 13.2. The van der Waals surface area contributed by atoms with Gasteiger partial charge in [-0.05, 0) is 18.2 Å². The van der Waals surface area contributed by atoms with E-state index in [1.807, 2.05) is 30.3 Å². The molecule has 1 heterocycles. The quantitative estimate of drug-likeness (QED) is 0.696. The lowest BCUT2D eigenvalue weighted by molar-refractivity contribution is -0.109. The Labute approximate surface area is 90.2 Å². The van der Waals surface area contributed by atoms with Gasteiger partial charge in [0.1, 0.15) is 6.29 Å². The van der Waals surface area contributed by atoms with Gasteiger partial charge in [0.25, 0.3) is 0 Å². The van der Waals surface area contributed by atoms with Gasteiger partial charge in [-0.25, -0.2) is 0 Å². The summed E-state index contributed by atoms with van der Waals surface area (Å²) in [6.07, 6.45) is 6.37. The second-order valence-electron chi connectivity index (χ2n) is 3.82. The summed E-state index contributed by atoms with van der Waals surface area (Å²) < 4.78 is 0. The average molecular weight is 201 g/mol. The summed E-state index contributed by atoms with van der Waals surface area (Å²) in [5, 5.41) is 0. The smallest absolute Gasteiger partial charge is 0.129 e. The van der Waals surface area contributed by atoms with Crippen molar-refractivity contribution >= 4 is 6.29 Å². The number of aldehydes is 1. The highest BCUT2D eigenvalue weighted by Gasteiger charge is 2.14. The summed E-state index contributed by atoms with van der Waals surface area (Å²) in [5.41, 5.74) is 1.10. The molecule has 2 heteroatoms. The van der Waals surface area contributed by atoms with Crippen LogP contribution in [0.2, 0.25) is 0 Å². The third-order valence-electron chi connectivity index (χ3n) is 2.72. The molecule has 1 aromatic carbocycles. The van der Waals surface area contributed by atoms with Crippen LogP contribution in [0, 0.1) is 0 Å². The lowest BCUT2D eigenvalue weighted by Gasteiger charge is -2.19. The highest BCUT2D eigenvalue weighted by atomic mass is 16.1. The van der Waals surface area contributed by atoms with Gasteiger partial charge in [0.05, 0.1) is 5.92 Å². The lowest BCUT2D eigenvalue weighted by Crippen LogP contribution is -2.22. The van der Waals surface area contributed by atoms with E-state index in [0.29, 0.717) is 0 Å². The van der Waals surface area contributed by atoms with Crippen molar-refractivity contribution in [1.82, 2.24) is 4.90 Å². The third kappa shape index (κ3) is 2.46. The Morgan fingerprint density at radius 1 is 1.33 bits per heavy atom. The van der Waals surface area contributed by atoms with Crippen molar-refractivity contribution < 1.29 is 4.79 Å². The van der Waals surface area contributed by atoms with E-state index >= 15 is 0 Å². The van der Waals surface area contributed by atoms with Crippen molar-refractivity contribution in [3.63, 3.8) is 0 Å². The number of hydrogen-bond donors (Lipinski definition) is 0. The van der Waals surface area contributed by atoms with Crippen LogP contribution >= 0.6 is 0 Å². The van der Waals surface area contributed by atoms with Gasteiger partial charge >= 0.3 is 0 Å². The minimum Gasteiger partial charge on any atom is -0.376 e. The molecule has 0 radical (unpaired) electrons. The second-order valence-corrected chi connectivity index (χ2v) is 3.82. The fourth-order valence-corrected chi connectivity index (χ4v) is 1.87. The van der Waals surface area contributed by atoms with Gasteiger partial charge in [-0.2, -0.15) is 0 Å². The third-order valence-corrected chi connectivity index (χ3v) is 2.72. The number of carbonyl (C=O) groups is 1. The summed E-state index contributed by atoms with van der Waals surface area (Å²) in [5.74, 6) is -0.00560. The fourth-order valence-electron chi connectivity index (χ4n) is 1.87. The normalized spacial score (nSPS) is 16.7. The largest absolute Gasteiger partial charge is 0.376 e. The van der Waals surface area contributed by atoms with Crippen LogP contribution in [0.5, 0.6) is 0 Å². The first-order valence-electron chi connectivity index (χ1n) is 5.31. The maximum atomic E-state index is 11.0. The van der Waals surface area contributed by atoms with Crippen LogP contribution in [-0.2, 0) is 4.79 Å². The molecule has 2 nitrogen and oxygen atoms in total. The van der Waals surface area contributed by atoms with E-state index in [4.69, 9.17) is 0 Å². The fraction of sp³-hybridized carbons (Fsp3) is 0.308. The zero-order chi connectivity index (χ0) is 10.5. The van der Waals surface area contributed by atoms with Gasteiger partial charge in [-0.15, -0.1) is 0 Å². The molecular weight excluding hydrogens is 186 g/mol. The van der Waals surface area contributed by atoms with E-state index in [2.05, 4.69) is 17.2 Å². The van der Waals surface area contributed by atoms with E-state index in [-0.39, 0.29) is 5.92 Å². The Hall–Kier alpha value is -1.57. The van der Waals surface area contributed by atoms with Crippen LogP contribution < -0.4 is 0 Å². The monoisotopic (exact) mass is 201 g/mol. The van der Waals surface area contributed by atoms with E-state index in [9.17, 15) is 4.79 Å². The molecule has 0 aromatic heterocycles. The number of nitrogens with zero attached hydrogens (tertiary/aromatic N) is 1. The Kier molecular flexibility index (Phi) is 3.18. The first kappa shape index (κ1) is 9.97. The minimum atomic E-state index is -0.00560. The van der Waals surface area contributed by atoms with Gasteiger partial charge in [-0.3, -0.25) is 0 Å².